The third-order valence-electron chi connectivity index (χ3n) is 13.5. The van der Waals surface area contributed by atoms with Gasteiger partial charge in [0.1, 0.15) is 12.5 Å². The molecule has 7 atom stereocenters. The van der Waals surface area contributed by atoms with Crippen LogP contribution < -0.4 is 20.7 Å². The van der Waals surface area contributed by atoms with Crippen molar-refractivity contribution in [3.8, 4) is 0 Å². The summed E-state index contributed by atoms with van der Waals surface area (Å²) < 4.78 is 11.1. The monoisotopic (exact) mass is 814 g/mol. The predicted molar refractivity (Wildman–Crippen MR) is 238 cm³/mol. The summed E-state index contributed by atoms with van der Waals surface area (Å²) in [7, 11) is 1.35. The molecule has 1 aliphatic carbocycles. The molecule has 9 nitrogen and oxygen atoms in total. The average Bonchev–Trinajstić information content (AvgIpc) is 3.94. The Morgan fingerprint density at radius 2 is 1.69 bits per heavy atom. The molecule has 3 aliphatic heterocycles. The summed E-state index contributed by atoms with van der Waals surface area (Å²) in [6.45, 7) is 19.7. The molecule has 5 heterocycles. The van der Waals surface area contributed by atoms with Gasteiger partial charge in [-0.1, -0.05) is 124 Å². The van der Waals surface area contributed by atoms with Gasteiger partial charge in [-0.05, 0) is 95.1 Å². The van der Waals surface area contributed by atoms with Gasteiger partial charge in [0.05, 0.1) is 13.2 Å². The third-order valence-corrected chi connectivity index (χ3v) is 13.5. The minimum Gasteiger partial charge on any atom is -0.681 e. The summed E-state index contributed by atoms with van der Waals surface area (Å²) >= 11 is 0. The molecule has 2 aromatic rings. The van der Waals surface area contributed by atoms with Crippen LogP contribution in [0.25, 0.3) is 28.4 Å². The van der Waals surface area contributed by atoms with Crippen molar-refractivity contribution in [2.24, 2.45) is 29.6 Å². The van der Waals surface area contributed by atoms with Gasteiger partial charge in [0.2, 0.25) is 0 Å². The SMILES string of the molecule is CCCCC[C@H](C)CCC/C(C)=C/COC(=O)CC[C@@H]1C2[N-]/C(=C\C3=C(C)[C@@H](CC)/C(=C/c4[n-]c(c(CC)c4C)/C=c4\[n-]c5c(c4C)[C@@H](O)[C@H](C(=O)OC)C=52)[N-]3)[C@H]1C.[Mg+2]. The number of esters is 2. The van der Waals surface area contributed by atoms with Crippen molar-refractivity contribution in [2.75, 3.05) is 13.7 Å². The second kappa shape index (κ2) is 20.4. The number of hydrogen-bond acceptors (Lipinski definition) is 5. The molecule has 0 aromatic carbocycles. The fourth-order valence-electron chi connectivity index (χ4n) is 9.83. The van der Waals surface area contributed by atoms with Crippen molar-refractivity contribution < 1.29 is 24.2 Å². The predicted octanol–water partition coefficient (Wildman–Crippen LogP) is 8.81. The molecule has 4 aliphatic rings. The Kier molecular flexibility index (Phi) is 16.1. The van der Waals surface area contributed by atoms with Gasteiger partial charge in [0.15, 0.2) is 0 Å². The Labute approximate surface area is 368 Å². The Morgan fingerprint density at radius 1 is 0.949 bits per heavy atom. The van der Waals surface area contributed by atoms with E-state index in [9.17, 15) is 14.7 Å². The van der Waals surface area contributed by atoms with Crippen molar-refractivity contribution in [3.05, 3.63) is 95.4 Å². The van der Waals surface area contributed by atoms with Crippen LogP contribution in [0.15, 0.2) is 40.4 Å². The van der Waals surface area contributed by atoms with E-state index in [2.05, 4.69) is 67.5 Å². The van der Waals surface area contributed by atoms with Crippen LogP contribution in [0.2, 0.25) is 0 Å². The maximum absolute atomic E-state index is 13.6. The molecule has 316 valence electrons. The zero-order valence-corrected chi connectivity index (χ0v) is 38.8. The molecule has 6 rings (SSSR count). The number of nitrogens with zero attached hydrogens (tertiary/aromatic N) is 4. The van der Waals surface area contributed by atoms with Crippen molar-refractivity contribution in [2.45, 2.75) is 145 Å². The zero-order chi connectivity index (χ0) is 41.8. The number of aliphatic hydroxyl groups is 1. The Bertz CT molecular complexity index is 2120. The largest absolute Gasteiger partial charge is 2.00 e. The number of fused-ring (bicyclic) bond motifs is 8. The number of unbranched alkanes of at least 4 members (excludes halogenated alkanes) is 2. The van der Waals surface area contributed by atoms with Gasteiger partial charge in [-0.3, -0.25) is 9.59 Å². The van der Waals surface area contributed by atoms with E-state index in [1.54, 1.807) is 0 Å². The number of aliphatic hydroxyl groups excluding tert-OH is 1. The van der Waals surface area contributed by atoms with E-state index in [0.29, 0.717) is 28.3 Å². The maximum Gasteiger partial charge on any atom is 2.00 e. The number of carbonyl (C=O) groups excluding carboxylic acids is 2. The molecular formula is C49H66MgN4O5-2. The van der Waals surface area contributed by atoms with Crippen LogP contribution in [0, 0.1) is 43.4 Å². The molecule has 0 spiro atoms. The van der Waals surface area contributed by atoms with Gasteiger partial charge in [0.25, 0.3) is 0 Å². The summed E-state index contributed by atoms with van der Waals surface area (Å²) in [5.74, 6) is -1.10. The van der Waals surface area contributed by atoms with Crippen LogP contribution in [0.3, 0.4) is 0 Å². The maximum atomic E-state index is 13.6. The van der Waals surface area contributed by atoms with Crippen LogP contribution in [0.1, 0.15) is 152 Å². The molecule has 2 aromatic heterocycles. The summed E-state index contributed by atoms with van der Waals surface area (Å²) in [5, 5.41) is 23.9. The minimum atomic E-state index is -1.14. The number of allylic oxidation sites excluding steroid dienone is 4. The zero-order valence-electron chi connectivity index (χ0n) is 37.4. The number of hydrogen-bond donors (Lipinski definition) is 1. The van der Waals surface area contributed by atoms with E-state index in [1.165, 1.54) is 50.4 Å². The second-order valence-electron chi connectivity index (χ2n) is 17.3. The molecule has 1 unspecified atom stereocenters. The molecule has 1 N–H and O–H groups in total. The van der Waals surface area contributed by atoms with Crippen LogP contribution in [0.4, 0.5) is 0 Å². The average molecular weight is 815 g/mol. The van der Waals surface area contributed by atoms with Gasteiger partial charge >= 0.3 is 35.0 Å². The van der Waals surface area contributed by atoms with Crippen molar-refractivity contribution in [3.63, 3.8) is 0 Å². The number of carbonyl (C=O) groups is 2. The van der Waals surface area contributed by atoms with Crippen molar-refractivity contribution >= 4 is 52.7 Å². The van der Waals surface area contributed by atoms with Crippen molar-refractivity contribution in [1.29, 1.82) is 0 Å². The number of rotatable bonds is 16. The smallest absolute Gasteiger partial charge is 0.681 e. The summed E-state index contributed by atoms with van der Waals surface area (Å²) in [6.07, 6.45) is 18.1. The second-order valence-corrected chi connectivity index (χ2v) is 17.3. The number of ether oxygens (including phenoxy) is 2. The Balaban J connectivity index is 0.00000661. The van der Waals surface area contributed by atoms with Gasteiger partial charge < -0.3 is 35.2 Å². The fraction of sp³-hybridized carbons (Fsp3) is 0.592. The van der Waals surface area contributed by atoms with E-state index in [4.69, 9.17) is 30.1 Å². The van der Waals surface area contributed by atoms with Crippen LogP contribution in [0.5, 0.6) is 0 Å². The third kappa shape index (κ3) is 9.70. The van der Waals surface area contributed by atoms with Gasteiger partial charge in [-0.2, -0.15) is 11.4 Å². The van der Waals surface area contributed by atoms with Gasteiger partial charge in [0, 0.05) is 6.42 Å². The first-order valence-electron chi connectivity index (χ1n) is 22.0. The van der Waals surface area contributed by atoms with Crippen LogP contribution in [-0.4, -0.2) is 59.9 Å². The first-order chi connectivity index (χ1) is 27.8. The standard InChI is InChI=1S/C49H66N4O5.Mg/c1-11-14-15-17-27(4)18-16-19-28(5)22-23-58-42(54)21-20-35-31(8)38-24-36-29(6)33(12-2)40(50-36)25-37-30(7)34(13-3)41(51-37)26-39-32(9)43-47(53-39)44(46(35)52-38)45(48(43)55)49(56)57-10;/h22,24-27,31,33,35,45-46,48,55H,11-21,23H2,1-10H3;/q-4;+2/b28-22+,38-24-,39-26-,40-25-;/t27-,31-,33+,35-,45+,46?,48+;/m0./s1. The van der Waals surface area contributed by atoms with E-state index >= 15 is 0 Å². The molecule has 1 fully saturated rings. The normalized spacial score (nSPS) is 26.2. The molecular weight excluding hydrogens is 749 g/mol. The summed E-state index contributed by atoms with van der Waals surface area (Å²) in [6, 6.07) is -0.521. The molecule has 0 saturated carbocycles. The first kappa shape index (κ1) is 46.6. The van der Waals surface area contributed by atoms with E-state index < -0.39 is 24.0 Å². The van der Waals surface area contributed by atoms with Gasteiger partial charge in [-0.25, -0.2) is 0 Å². The molecule has 10 heteroatoms. The topological polar surface area (TPSA) is 129 Å². The quantitative estimate of drug-likeness (QED) is 0.0777. The molecule has 59 heavy (non-hydrogen) atoms. The molecule has 0 amide bonds. The molecule has 8 bridgehead atoms. The van der Waals surface area contributed by atoms with Gasteiger partial charge in [-0.15, -0.1) is 27.8 Å². The molecule has 0 radical (unpaired) electrons. The Hall–Kier alpha value is -3.47. The summed E-state index contributed by atoms with van der Waals surface area (Å²) in [4.78, 5) is 37.3. The number of aromatic nitrogens is 2. The molecule has 1 saturated heterocycles. The van der Waals surface area contributed by atoms with Crippen LogP contribution in [-0.2, 0) is 25.5 Å². The number of methoxy groups -OCH3 is 1. The first-order valence-corrected chi connectivity index (χ1v) is 22.0. The van der Waals surface area contributed by atoms with E-state index in [0.717, 1.165) is 76.8 Å². The van der Waals surface area contributed by atoms with Crippen molar-refractivity contribution in [1.82, 2.24) is 9.97 Å². The minimum absolute atomic E-state index is 0. The van der Waals surface area contributed by atoms with Crippen LogP contribution >= 0.6 is 0 Å². The van der Waals surface area contributed by atoms with E-state index in [-0.39, 0.29) is 59.8 Å². The van der Waals surface area contributed by atoms with E-state index in [1.807, 2.05) is 19.1 Å². The fourth-order valence-corrected chi connectivity index (χ4v) is 9.83. The summed E-state index contributed by atoms with van der Waals surface area (Å²) in [5.41, 5.74) is 11.3. The Morgan fingerprint density at radius 3 is 2.39 bits per heavy atom.